The molecule has 1 fully saturated rings. The van der Waals surface area contributed by atoms with Crippen LogP contribution in [-0.4, -0.2) is 84.7 Å². The first-order chi connectivity index (χ1) is 10.8. The molecule has 1 aromatic rings. The van der Waals surface area contributed by atoms with Crippen molar-refractivity contribution in [2.75, 3.05) is 39.0 Å². The summed E-state index contributed by atoms with van der Waals surface area (Å²) in [6.07, 6.45) is 2.01. The fraction of sp³-hybridized carbons (Fsp3) is 0.538. The molecule has 1 aromatic heterocycles. The molecule has 0 bridgehead atoms. The van der Waals surface area contributed by atoms with Gasteiger partial charge >= 0.3 is 5.97 Å². The summed E-state index contributed by atoms with van der Waals surface area (Å²) in [7, 11) is -3.68. The van der Waals surface area contributed by atoms with Crippen molar-refractivity contribution in [1.29, 1.82) is 0 Å². The monoisotopic (exact) mass is 345 g/mol. The molecule has 2 N–H and O–H groups in total. The zero-order valence-corrected chi connectivity index (χ0v) is 13.5. The number of carboxylic acid groups (broad SMARTS) is 1. The molecular formula is C13H19N3O6S. The Hall–Kier alpha value is -1.91. The van der Waals surface area contributed by atoms with E-state index in [0.717, 1.165) is 10.6 Å². The largest absolute Gasteiger partial charge is 0.480 e. The molecule has 1 atom stereocenters. The summed E-state index contributed by atoms with van der Waals surface area (Å²) >= 11 is 0. The summed E-state index contributed by atoms with van der Waals surface area (Å²) in [6, 6.07) is 3.36. The van der Waals surface area contributed by atoms with Gasteiger partial charge in [-0.25, -0.2) is 8.42 Å². The number of sulfonamides is 1. The number of H-pyrrole nitrogens is 1. The number of ether oxygens (including phenoxy) is 1. The van der Waals surface area contributed by atoms with Crippen LogP contribution in [0.15, 0.2) is 18.3 Å². The van der Waals surface area contributed by atoms with Gasteiger partial charge in [0.2, 0.25) is 10.0 Å². The third-order valence-corrected chi connectivity index (χ3v) is 4.66. The van der Waals surface area contributed by atoms with E-state index in [1.54, 1.807) is 23.2 Å². The number of amides is 1. The SMILES string of the molecule is CS(=O)(=O)N(CC(=O)O)C[C@H]1CN(C(=O)c2ccc[nH]2)CCO1. The Kier molecular flexibility index (Phi) is 5.39. The summed E-state index contributed by atoms with van der Waals surface area (Å²) in [4.78, 5) is 27.5. The highest BCUT2D eigenvalue weighted by molar-refractivity contribution is 7.88. The van der Waals surface area contributed by atoms with Crippen LogP contribution in [-0.2, 0) is 19.6 Å². The van der Waals surface area contributed by atoms with Gasteiger partial charge in [0, 0.05) is 25.8 Å². The van der Waals surface area contributed by atoms with Crippen molar-refractivity contribution in [1.82, 2.24) is 14.2 Å². The molecule has 0 saturated carbocycles. The van der Waals surface area contributed by atoms with Gasteiger partial charge < -0.3 is 19.7 Å². The molecule has 1 amide bonds. The predicted molar refractivity (Wildman–Crippen MR) is 80.5 cm³/mol. The molecule has 0 radical (unpaired) electrons. The van der Waals surface area contributed by atoms with Crippen LogP contribution in [0.25, 0.3) is 0 Å². The Bertz CT molecular complexity index is 657. The van der Waals surface area contributed by atoms with Crippen LogP contribution in [0.2, 0.25) is 0 Å². The molecule has 10 heteroatoms. The first-order valence-electron chi connectivity index (χ1n) is 6.98. The topological polar surface area (TPSA) is 120 Å². The van der Waals surface area contributed by atoms with E-state index in [-0.39, 0.29) is 25.6 Å². The van der Waals surface area contributed by atoms with Gasteiger partial charge in [0.1, 0.15) is 12.2 Å². The summed E-state index contributed by atoms with van der Waals surface area (Å²) < 4.78 is 29.6. The van der Waals surface area contributed by atoms with Crippen molar-refractivity contribution in [3.63, 3.8) is 0 Å². The molecule has 9 nitrogen and oxygen atoms in total. The maximum Gasteiger partial charge on any atom is 0.318 e. The van der Waals surface area contributed by atoms with Gasteiger partial charge in [0.15, 0.2) is 0 Å². The van der Waals surface area contributed by atoms with Crippen LogP contribution in [0.5, 0.6) is 0 Å². The first-order valence-corrected chi connectivity index (χ1v) is 8.83. The number of aromatic nitrogens is 1. The summed E-state index contributed by atoms with van der Waals surface area (Å²) in [5.41, 5.74) is 0.441. The van der Waals surface area contributed by atoms with Gasteiger partial charge in [0.05, 0.1) is 19.0 Å². The minimum absolute atomic E-state index is 0.111. The van der Waals surface area contributed by atoms with Gasteiger partial charge in [-0.05, 0) is 12.1 Å². The Balaban J connectivity index is 2.02. The lowest BCUT2D eigenvalue weighted by Crippen LogP contribution is -2.51. The standard InChI is InChI=1S/C13H19N3O6S/c1-23(20,21)16(9-12(17)18)8-10-7-15(5-6-22-10)13(19)11-3-2-4-14-11/h2-4,10,14H,5-9H2,1H3,(H,17,18)/t10-/m1/s1. The van der Waals surface area contributed by atoms with E-state index in [1.165, 1.54) is 0 Å². The number of hydrogen-bond acceptors (Lipinski definition) is 5. The van der Waals surface area contributed by atoms with E-state index in [4.69, 9.17) is 9.84 Å². The number of hydrogen-bond donors (Lipinski definition) is 2. The highest BCUT2D eigenvalue weighted by Gasteiger charge is 2.30. The molecule has 0 aliphatic carbocycles. The molecule has 1 aliphatic heterocycles. The normalized spacial score (nSPS) is 19.0. The van der Waals surface area contributed by atoms with Gasteiger partial charge in [-0.15, -0.1) is 0 Å². The average Bonchev–Trinajstić information content (AvgIpc) is 2.99. The summed E-state index contributed by atoms with van der Waals surface area (Å²) in [5.74, 6) is -1.45. The second-order valence-corrected chi connectivity index (χ2v) is 7.26. The van der Waals surface area contributed by atoms with E-state index in [2.05, 4.69) is 4.98 Å². The smallest absolute Gasteiger partial charge is 0.318 e. The fourth-order valence-electron chi connectivity index (χ4n) is 2.34. The van der Waals surface area contributed by atoms with Crippen molar-refractivity contribution in [3.8, 4) is 0 Å². The Morgan fingerprint density at radius 3 is 2.83 bits per heavy atom. The maximum atomic E-state index is 12.3. The van der Waals surface area contributed by atoms with Crippen molar-refractivity contribution in [2.24, 2.45) is 0 Å². The molecular weight excluding hydrogens is 326 g/mol. The molecule has 2 rings (SSSR count). The minimum atomic E-state index is -3.68. The Morgan fingerprint density at radius 2 is 2.26 bits per heavy atom. The van der Waals surface area contributed by atoms with Crippen molar-refractivity contribution in [3.05, 3.63) is 24.0 Å². The average molecular weight is 345 g/mol. The van der Waals surface area contributed by atoms with Crippen LogP contribution >= 0.6 is 0 Å². The number of carboxylic acids is 1. The first kappa shape index (κ1) is 17.4. The van der Waals surface area contributed by atoms with Crippen LogP contribution in [0, 0.1) is 0 Å². The molecule has 23 heavy (non-hydrogen) atoms. The van der Waals surface area contributed by atoms with Gasteiger partial charge in [-0.3, -0.25) is 9.59 Å². The highest BCUT2D eigenvalue weighted by Crippen LogP contribution is 2.12. The van der Waals surface area contributed by atoms with Crippen LogP contribution < -0.4 is 0 Å². The van der Waals surface area contributed by atoms with Crippen molar-refractivity contribution >= 4 is 21.9 Å². The zero-order chi connectivity index (χ0) is 17.0. The second kappa shape index (κ2) is 7.11. The van der Waals surface area contributed by atoms with Gasteiger partial charge in [0.25, 0.3) is 5.91 Å². The number of carbonyl (C=O) groups is 2. The van der Waals surface area contributed by atoms with E-state index in [9.17, 15) is 18.0 Å². The lowest BCUT2D eigenvalue weighted by Gasteiger charge is -2.34. The molecule has 0 unspecified atom stereocenters. The third kappa shape index (κ3) is 4.78. The second-order valence-electron chi connectivity index (χ2n) is 5.28. The van der Waals surface area contributed by atoms with E-state index >= 15 is 0 Å². The van der Waals surface area contributed by atoms with Crippen LogP contribution in [0.3, 0.4) is 0 Å². The lowest BCUT2D eigenvalue weighted by atomic mass is 10.2. The number of rotatable bonds is 6. The molecule has 2 heterocycles. The quantitative estimate of drug-likeness (QED) is 0.697. The van der Waals surface area contributed by atoms with Crippen molar-refractivity contribution < 1.29 is 27.9 Å². The molecule has 0 spiro atoms. The number of aliphatic carboxylic acids is 1. The van der Waals surface area contributed by atoms with Crippen LogP contribution in [0.4, 0.5) is 0 Å². The Labute approximate surface area is 133 Å². The predicted octanol–water partition coefficient (Wildman–Crippen LogP) is -0.798. The number of carbonyl (C=O) groups excluding carboxylic acids is 1. The molecule has 1 saturated heterocycles. The van der Waals surface area contributed by atoms with Gasteiger partial charge in [-0.2, -0.15) is 4.31 Å². The van der Waals surface area contributed by atoms with Gasteiger partial charge in [-0.1, -0.05) is 0 Å². The Morgan fingerprint density at radius 1 is 1.52 bits per heavy atom. The minimum Gasteiger partial charge on any atom is -0.480 e. The zero-order valence-electron chi connectivity index (χ0n) is 12.6. The summed E-state index contributed by atoms with van der Waals surface area (Å²) in [6.45, 7) is 0.111. The van der Waals surface area contributed by atoms with E-state index in [1.807, 2.05) is 0 Å². The maximum absolute atomic E-state index is 12.3. The number of morpholine rings is 1. The fourth-order valence-corrected chi connectivity index (χ4v) is 3.13. The molecule has 1 aliphatic rings. The lowest BCUT2D eigenvalue weighted by molar-refractivity contribution is -0.137. The number of nitrogens with one attached hydrogen (secondary N) is 1. The molecule has 128 valence electrons. The van der Waals surface area contributed by atoms with Crippen molar-refractivity contribution in [2.45, 2.75) is 6.10 Å². The summed E-state index contributed by atoms with van der Waals surface area (Å²) in [5, 5.41) is 8.83. The highest BCUT2D eigenvalue weighted by atomic mass is 32.2. The van der Waals surface area contributed by atoms with Crippen LogP contribution in [0.1, 0.15) is 10.5 Å². The molecule has 0 aromatic carbocycles. The third-order valence-electron chi connectivity index (χ3n) is 3.44. The van der Waals surface area contributed by atoms with E-state index in [0.29, 0.717) is 12.2 Å². The number of nitrogens with zero attached hydrogens (tertiary/aromatic N) is 2. The number of aromatic amines is 1. The van der Waals surface area contributed by atoms with E-state index < -0.39 is 28.6 Å².